The molecule has 2 heterocycles. The van der Waals surface area contributed by atoms with Crippen LogP contribution in [0.3, 0.4) is 0 Å². The second-order valence-corrected chi connectivity index (χ2v) is 5.65. The van der Waals surface area contributed by atoms with E-state index in [1.54, 1.807) is 0 Å². The molecule has 14 heavy (non-hydrogen) atoms. The van der Waals surface area contributed by atoms with E-state index in [1.807, 2.05) is 23.5 Å². The minimum Gasteiger partial charge on any atom is -0.250 e. The molecule has 0 aromatic carbocycles. The number of nitrogens with zero attached hydrogens (tertiary/aromatic N) is 1. The van der Waals surface area contributed by atoms with E-state index in [0.29, 0.717) is 11.2 Å². The van der Waals surface area contributed by atoms with Gasteiger partial charge in [-0.3, -0.25) is 4.99 Å². The Balaban J connectivity index is 2.11. The predicted molar refractivity (Wildman–Crippen MR) is 68.0 cm³/mol. The molecule has 2 unspecified atom stereocenters. The average molecular weight is 225 g/mol. The summed E-state index contributed by atoms with van der Waals surface area (Å²) >= 11 is 3.81. The lowest BCUT2D eigenvalue weighted by molar-refractivity contribution is 0.801. The molecule has 0 fully saturated rings. The highest BCUT2D eigenvalue weighted by Crippen LogP contribution is 2.35. The van der Waals surface area contributed by atoms with Gasteiger partial charge in [0.1, 0.15) is 0 Å². The maximum atomic E-state index is 4.71. The molecule has 0 aromatic rings. The van der Waals surface area contributed by atoms with Gasteiger partial charge < -0.3 is 0 Å². The van der Waals surface area contributed by atoms with Gasteiger partial charge in [0, 0.05) is 11.4 Å². The van der Waals surface area contributed by atoms with Crippen LogP contribution in [0.25, 0.3) is 0 Å². The first-order chi connectivity index (χ1) is 6.81. The number of hydrogen-bond donors (Lipinski definition) is 0. The number of thioether (sulfide) groups is 2. The molecule has 0 aromatic heterocycles. The van der Waals surface area contributed by atoms with Crippen molar-refractivity contribution < 1.29 is 0 Å². The van der Waals surface area contributed by atoms with Crippen molar-refractivity contribution >= 4 is 28.6 Å². The van der Waals surface area contributed by atoms with Gasteiger partial charge in [-0.2, -0.15) is 0 Å². The van der Waals surface area contributed by atoms with Crippen molar-refractivity contribution in [2.75, 3.05) is 5.75 Å². The van der Waals surface area contributed by atoms with Crippen molar-refractivity contribution in [1.29, 1.82) is 0 Å². The second kappa shape index (κ2) is 4.58. The predicted octanol–water partition coefficient (Wildman–Crippen LogP) is 3.69. The van der Waals surface area contributed by atoms with Gasteiger partial charge in [-0.1, -0.05) is 26.0 Å². The van der Waals surface area contributed by atoms with Gasteiger partial charge >= 0.3 is 0 Å². The number of aliphatic imine (C=N–C) groups is 1. The molecule has 0 radical (unpaired) electrons. The molecule has 2 aliphatic heterocycles. The zero-order chi connectivity index (χ0) is 9.97. The molecule has 3 heteroatoms. The van der Waals surface area contributed by atoms with Crippen molar-refractivity contribution in [3.8, 4) is 0 Å². The summed E-state index contributed by atoms with van der Waals surface area (Å²) in [4.78, 5) is 4.71. The van der Waals surface area contributed by atoms with Gasteiger partial charge in [-0.05, 0) is 17.7 Å². The second-order valence-electron chi connectivity index (χ2n) is 3.55. The molecule has 2 aliphatic rings. The molecule has 76 valence electrons. The first-order valence-electron chi connectivity index (χ1n) is 5.04. The summed E-state index contributed by atoms with van der Waals surface area (Å²) < 4.78 is 0. The van der Waals surface area contributed by atoms with E-state index in [9.17, 15) is 0 Å². The fourth-order valence-corrected chi connectivity index (χ4v) is 3.97. The Morgan fingerprint density at radius 1 is 1.57 bits per heavy atom. The molecule has 0 spiro atoms. The molecule has 0 saturated heterocycles. The summed E-state index contributed by atoms with van der Waals surface area (Å²) in [5, 5.41) is 4.12. The molecule has 0 aliphatic carbocycles. The molecule has 0 amide bonds. The monoisotopic (exact) mass is 225 g/mol. The van der Waals surface area contributed by atoms with Crippen LogP contribution in [-0.2, 0) is 0 Å². The van der Waals surface area contributed by atoms with Gasteiger partial charge in [0.25, 0.3) is 0 Å². The van der Waals surface area contributed by atoms with E-state index in [0.717, 1.165) is 12.2 Å². The van der Waals surface area contributed by atoms with Crippen LogP contribution >= 0.6 is 23.5 Å². The third-order valence-corrected chi connectivity index (χ3v) is 4.88. The van der Waals surface area contributed by atoms with Crippen molar-refractivity contribution in [3.05, 3.63) is 23.3 Å². The van der Waals surface area contributed by atoms with Crippen LogP contribution in [0.5, 0.6) is 0 Å². The van der Waals surface area contributed by atoms with Crippen molar-refractivity contribution in [2.24, 2.45) is 10.9 Å². The molecule has 0 N–H and O–H groups in total. The first-order valence-corrected chi connectivity index (χ1v) is 6.96. The van der Waals surface area contributed by atoms with E-state index in [4.69, 9.17) is 4.99 Å². The fraction of sp³-hybridized carbons (Fsp3) is 0.545. The zero-order valence-electron chi connectivity index (χ0n) is 8.56. The van der Waals surface area contributed by atoms with Crippen LogP contribution in [0.15, 0.2) is 28.2 Å². The van der Waals surface area contributed by atoms with Crippen LogP contribution in [0, 0.1) is 5.92 Å². The molecular weight excluding hydrogens is 210 g/mol. The molecule has 1 nitrogen and oxygen atoms in total. The van der Waals surface area contributed by atoms with Crippen LogP contribution in [0.1, 0.15) is 20.3 Å². The summed E-state index contributed by atoms with van der Waals surface area (Å²) in [6.07, 6.45) is 5.58. The lowest BCUT2D eigenvalue weighted by Crippen LogP contribution is -2.20. The third kappa shape index (κ3) is 2.09. The average Bonchev–Trinajstić information content (AvgIpc) is 2.65. The topological polar surface area (TPSA) is 12.4 Å². The normalized spacial score (nSPS) is 31.6. The maximum Gasteiger partial charge on any atom is 0.0877 e. The van der Waals surface area contributed by atoms with E-state index in [-0.39, 0.29) is 0 Å². The quantitative estimate of drug-likeness (QED) is 0.710. The van der Waals surface area contributed by atoms with Crippen molar-refractivity contribution in [2.45, 2.75) is 25.5 Å². The molecule has 2 atom stereocenters. The number of allylic oxidation sites excluding steroid dienone is 2. The van der Waals surface area contributed by atoms with Gasteiger partial charge in [-0.25, -0.2) is 0 Å². The highest BCUT2D eigenvalue weighted by molar-refractivity contribution is 8.17. The Hall–Kier alpha value is -0.150. The minimum atomic E-state index is 0.579. The summed E-state index contributed by atoms with van der Waals surface area (Å²) in [6.45, 7) is 4.45. The summed E-state index contributed by atoms with van der Waals surface area (Å²) in [6, 6.07) is 0. The summed E-state index contributed by atoms with van der Waals surface area (Å²) in [5.41, 5.74) is 1.26. The van der Waals surface area contributed by atoms with Crippen molar-refractivity contribution in [1.82, 2.24) is 0 Å². The Morgan fingerprint density at radius 2 is 2.43 bits per heavy atom. The summed E-state index contributed by atoms with van der Waals surface area (Å²) in [7, 11) is 0. The Morgan fingerprint density at radius 3 is 3.07 bits per heavy atom. The molecular formula is C11H15NS2. The largest absolute Gasteiger partial charge is 0.250 e. The maximum absolute atomic E-state index is 4.71. The lowest BCUT2D eigenvalue weighted by Gasteiger charge is -2.19. The first kappa shape index (κ1) is 10.4. The van der Waals surface area contributed by atoms with Crippen LogP contribution in [0.4, 0.5) is 0 Å². The Kier molecular flexibility index (Phi) is 3.39. The Labute approximate surface area is 94.1 Å². The van der Waals surface area contributed by atoms with E-state index in [1.165, 1.54) is 10.7 Å². The van der Waals surface area contributed by atoms with Gasteiger partial charge in [0.15, 0.2) is 0 Å². The fourth-order valence-electron chi connectivity index (χ4n) is 1.57. The third-order valence-electron chi connectivity index (χ3n) is 2.49. The Bertz CT molecular complexity index is 304. The number of hydrogen-bond acceptors (Lipinski definition) is 3. The smallest absolute Gasteiger partial charge is 0.0877 e. The standard InChI is InChI=1S/C11H15NS2/c1-3-9-5-7-14-11(12-9)10-8(2)4-6-13-10/h4-6,8,10H,3,7H2,1-2H3. The lowest BCUT2D eigenvalue weighted by atomic mass is 10.1. The van der Waals surface area contributed by atoms with Gasteiger partial charge in [0.05, 0.1) is 10.3 Å². The van der Waals surface area contributed by atoms with Gasteiger partial charge in [-0.15, -0.1) is 23.5 Å². The van der Waals surface area contributed by atoms with E-state index < -0.39 is 0 Å². The van der Waals surface area contributed by atoms with Crippen LogP contribution < -0.4 is 0 Å². The number of rotatable bonds is 2. The molecule has 0 saturated carbocycles. The highest BCUT2D eigenvalue weighted by atomic mass is 32.2. The summed E-state index contributed by atoms with van der Waals surface area (Å²) in [5.74, 6) is 1.74. The van der Waals surface area contributed by atoms with E-state index in [2.05, 4.69) is 31.4 Å². The van der Waals surface area contributed by atoms with E-state index >= 15 is 0 Å². The molecule has 2 rings (SSSR count). The SMILES string of the molecule is CCC1=CCSC(C2SC=CC2C)=N1. The zero-order valence-corrected chi connectivity index (χ0v) is 10.2. The molecule has 0 bridgehead atoms. The van der Waals surface area contributed by atoms with Crippen LogP contribution in [-0.4, -0.2) is 16.0 Å². The minimum absolute atomic E-state index is 0.579. The van der Waals surface area contributed by atoms with Crippen LogP contribution in [0.2, 0.25) is 0 Å². The van der Waals surface area contributed by atoms with Gasteiger partial charge in [0.2, 0.25) is 0 Å². The van der Waals surface area contributed by atoms with Crippen molar-refractivity contribution in [3.63, 3.8) is 0 Å². The highest BCUT2D eigenvalue weighted by Gasteiger charge is 2.26.